The number of nitrogens with one attached hydrogen (secondary N) is 1. The lowest BCUT2D eigenvalue weighted by atomic mass is 9.97. The first-order valence-corrected chi connectivity index (χ1v) is 11.6. The van der Waals surface area contributed by atoms with E-state index in [1.54, 1.807) is 0 Å². The number of piperidine rings is 1. The third-order valence-electron chi connectivity index (χ3n) is 5.30. The average Bonchev–Trinajstić information content (AvgIpc) is 3.42. The summed E-state index contributed by atoms with van der Waals surface area (Å²) in [6.07, 6.45) is 2.19. The Morgan fingerprint density at radius 2 is 1.77 bits per heavy atom. The molecule has 8 heteroatoms. The van der Waals surface area contributed by atoms with Gasteiger partial charge in [-0.05, 0) is 50.2 Å². The van der Waals surface area contributed by atoms with E-state index < -0.39 is 0 Å². The summed E-state index contributed by atoms with van der Waals surface area (Å²) in [7, 11) is 0. The molecule has 3 heterocycles. The Labute approximate surface area is 182 Å². The molecule has 2 aromatic carbocycles. The number of fused-ring (bicyclic) bond motifs is 1. The molecule has 0 aliphatic carbocycles. The quantitative estimate of drug-likeness (QED) is 0.488. The second kappa shape index (κ2) is 8.59. The number of amides is 1. The van der Waals surface area contributed by atoms with E-state index in [0.29, 0.717) is 10.9 Å². The number of rotatable bonds is 5. The van der Waals surface area contributed by atoms with Crippen LogP contribution < -0.4 is 5.32 Å². The third kappa shape index (κ3) is 4.26. The normalized spacial score (nSPS) is 15.5. The molecule has 1 aliphatic rings. The van der Waals surface area contributed by atoms with Gasteiger partial charge in [0.25, 0.3) is 5.91 Å². The van der Waals surface area contributed by atoms with Crippen LogP contribution in [-0.4, -0.2) is 39.1 Å². The SMILES string of the molecule is O=C(Nc1ccccc1)c1nnc(CN2CCC(c3nc4ccccc4s3)CC2)s1. The van der Waals surface area contributed by atoms with Crippen LogP contribution in [0.5, 0.6) is 0 Å². The maximum atomic E-state index is 12.4. The molecular weight excluding hydrogens is 414 g/mol. The first-order valence-electron chi connectivity index (χ1n) is 10.0. The Balaban J connectivity index is 1.16. The van der Waals surface area contributed by atoms with Crippen molar-refractivity contribution in [1.82, 2.24) is 20.1 Å². The summed E-state index contributed by atoms with van der Waals surface area (Å²) < 4.78 is 1.27. The van der Waals surface area contributed by atoms with E-state index in [1.165, 1.54) is 21.0 Å². The van der Waals surface area contributed by atoms with Gasteiger partial charge in [-0.3, -0.25) is 9.69 Å². The number of nitrogens with zero attached hydrogens (tertiary/aromatic N) is 4. The van der Waals surface area contributed by atoms with Gasteiger partial charge in [0, 0.05) is 11.6 Å². The topological polar surface area (TPSA) is 71.0 Å². The minimum Gasteiger partial charge on any atom is -0.320 e. The molecule has 2 aromatic heterocycles. The zero-order chi connectivity index (χ0) is 20.3. The van der Waals surface area contributed by atoms with E-state index in [1.807, 2.05) is 47.7 Å². The number of anilines is 1. The van der Waals surface area contributed by atoms with Crippen LogP contribution in [-0.2, 0) is 6.54 Å². The van der Waals surface area contributed by atoms with Crippen molar-refractivity contribution in [3.8, 4) is 0 Å². The fourth-order valence-corrected chi connectivity index (χ4v) is 5.62. The molecule has 1 aliphatic heterocycles. The van der Waals surface area contributed by atoms with Gasteiger partial charge in [0.05, 0.1) is 21.8 Å². The molecule has 0 atom stereocenters. The number of carbonyl (C=O) groups is 1. The molecule has 1 amide bonds. The maximum absolute atomic E-state index is 12.4. The number of para-hydroxylation sites is 2. The summed E-state index contributed by atoms with van der Waals surface area (Å²) >= 11 is 3.19. The summed E-state index contributed by atoms with van der Waals surface area (Å²) in [5.74, 6) is 0.319. The summed E-state index contributed by atoms with van der Waals surface area (Å²) in [5.41, 5.74) is 1.87. The molecule has 1 fully saturated rings. The average molecular weight is 436 g/mol. The van der Waals surface area contributed by atoms with Gasteiger partial charge in [-0.15, -0.1) is 21.5 Å². The number of carbonyl (C=O) groups excluding carboxylic acids is 1. The molecule has 0 spiro atoms. The fourth-order valence-electron chi connectivity index (χ4n) is 3.71. The number of likely N-dealkylation sites (tertiary alicyclic amines) is 1. The lowest BCUT2D eigenvalue weighted by Crippen LogP contribution is -2.32. The van der Waals surface area contributed by atoms with E-state index in [9.17, 15) is 4.79 Å². The highest BCUT2D eigenvalue weighted by Gasteiger charge is 2.24. The number of hydrogen-bond acceptors (Lipinski definition) is 7. The molecule has 6 nitrogen and oxygen atoms in total. The van der Waals surface area contributed by atoms with Gasteiger partial charge >= 0.3 is 0 Å². The van der Waals surface area contributed by atoms with Crippen molar-refractivity contribution >= 4 is 44.5 Å². The largest absolute Gasteiger partial charge is 0.320 e. The summed E-state index contributed by atoms with van der Waals surface area (Å²) in [4.78, 5) is 19.6. The van der Waals surface area contributed by atoms with Crippen molar-refractivity contribution in [2.24, 2.45) is 0 Å². The van der Waals surface area contributed by atoms with Crippen LogP contribution >= 0.6 is 22.7 Å². The van der Waals surface area contributed by atoms with Crippen molar-refractivity contribution in [2.45, 2.75) is 25.3 Å². The van der Waals surface area contributed by atoms with Crippen LogP contribution in [0.4, 0.5) is 5.69 Å². The second-order valence-electron chi connectivity index (χ2n) is 7.39. The lowest BCUT2D eigenvalue weighted by Gasteiger charge is -2.30. The van der Waals surface area contributed by atoms with Crippen molar-refractivity contribution < 1.29 is 4.79 Å². The molecule has 4 aromatic rings. The van der Waals surface area contributed by atoms with Crippen molar-refractivity contribution in [3.63, 3.8) is 0 Å². The zero-order valence-corrected chi connectivity index (χ0v) is 18.0. The number of aromatic nitrogens is 3. The molecule has 0 saturated carbocycles. The molecule has 30 heavy (non-hydrogen) atoms. The molecule has 0 bridgehead atoms. The Morgan fingerprint density at radius 3 is 2.57 bits per heavy atom. The monoisotopic (exact) mass is 435 g/mol. The van der Waals surface area contributed by atoms with Crippen LogP contribution in [0.15, 0.2) is 54.6 Å². The van der Waals surface area contributed by atoms with Gasteiger partial charge < -0.3 is 5.32 Å². The summed E-state index contributed by atoms with van der Waals surface area (Å²) in [5, 5.41) is 13.7. The lowest BCUT2D eigenvalue weighted by molar-refractivity contribution is 0.102. The molecule has 0 radical (unpaired) electrons. The smallest absolute Gasteiger partial charge is 0.286 e. The standard InChI is InChI=1S/C22H21N5OS2/c28-20(23-16-6-2-1-3-7-16)22-26-25-19(30-22)14-27-12-10-15(11-13-27)21-24-17-8-4-5-9-18(17)29-21/h1-9,15H,10-14H2,(H,23,28). The van der Waals surface area contributed by atoms with Crippen LogP contribution in [0.2, 0.25) is 0 Å². The Bertz CT molecular complexity index is 1120. The van der Waals surface area contributed by atoms with E-state index in [4.69, 9.17) is 4.98 Å². The number of thiazole rings is 1. The number of hydrogen-bond donors (Lipinski definition) is 1. The zero-order valence-electron chi connectivity index (χ0n) is 16.3. The van der Waals surface area contributed by atoms with Gasteiger partial charge in [0.15, 0.2) is 0 Å². The highest BCUT2D eigenvalue weighted by molar-refractivity contribution is 7.18. The van der Waals surface area contributed by atoms with Gasteiger partial charge in [-0.2, -0.15) is 0 Å². The Morgan fingerprint density at radius 1 is 1.00 bits per heavy atom. The second-order valence-corrected chi connectivity index (χ2v) is 9.52. The Hall–Kier alpha value is -2.68. The molecule has 0 unspecified atom stereocenters. The van der Waals surface area contributed by atoms with Gasteiger partial charge in [-0.25, -0.2) is 4.98 Å². The van der Waals surface area contributed by atoms with Crippen LogP contribution in [0.25, 0.3) is 10.2 Å². The van der Waals surface area contributed by atoms with E-state index in [-0.39, 0.29) is 5.91 Å². The first-order chi connectivity index (χ1) is 14.7. The van der Waals surface area contributed by atoms with Gasteiger partial charge in [0.2, 0.25) is 5.01 Å². The van der Waals surface area contributed by atoms with Crippen LogP contribution in [0, 0.1) is 0 Å². The predicted octanol–water partition coefficient (Wildman–Crippen LogP) is 4.78. The highest BCUT2D eigenvalue weighted by Crippen LogP contribution is 2.34. The van der Waals surface area contributed by atoms with Crippen LogP contribution in [0.3, 0.4) is 0 Å². The highest BCUT2D eigenvalue weighted by atomic mass is 32.1. The van der Waals surface area contributed by atoms with Gasteiger partial charge in [-0.1, -0.05) is 41.7 Å². The van der Waals surface area contributed by atoms with Crippen molar-refractivity contribution in [2.75, 3.05) is 18.4 Å². The van der Waals surface area contributed by atoms with E-state index in [2.05, 4.69) is 38.6 Å². The minimum absolute atomic E-state index is 0.209. The predicted molar refractivity (Wildman–Crippen MR) is 121 cm³/mol. The molecule has 5 rings (SSSR count). The molecule has 152 valence electrons. The minimum atomic E-state index is -0.209. The Kier molecular flexibility index (Phi) is 5.52. The van der Waals surface area contributed by atoms with Crippen molar-refractivity contribution in [3.05, 3.63) is 69.6 Å². The van der Waals surface area contributed by atoms with Gasteiger partial charge in [0.1, 0.15) is 5.01 Å². The summed E-state index contributed by atoms with van der Waals surface area (Å²) in [6, 6.07) is 17.8. The van der Waals surface area contributed by atoms with Crippen LogP contribution in [0.1, 0.15) is 38.6 Å². The van der Waals surface area contributed by atoms with E-state index in [0.717, 1.165) is 48.7 Å². The third-order valence-corrected chi connectivity index (χ3v) is 7.40. The molecule has 1 N–H and O–H groups in total. The molecular formula is C22H21N5OS2. The van der Waals surface area contributed by atoms with Crippen molar-refractivity contribution in [1.29, 1.82) is 0 Å². The first kappa shape index (κ1) is 19.3. The number of benzene rings is 2. The molecule has 1 saturated heterocycles. The van der Waals surface area contributed by atoms with E-state index >= 15 is 0 Å². The summed E-state index contributed by atoms with van der Waals surface area (Å²) in [6.45, 7) is 2.75. The fraction of sp³-hybridized carbons (Fsp3) is 0.273. The maximum Gasteiger partial charge on any atom is 0.286 e.